The average Bonchev–Trinajstić information content (AvgIpc) is 2.54. The first-order valence-corrected chi connectivity index (χ1v) is 8.34. The molecule has 3 N–H and O–H groups in total. The van der Waals surface area contributed by atoms with Gasteiger partial charge in [-0.2, -0.15) is 0 Å². The molecule has 4 nitrogen and oxygen atoms in total. The zero-order chi connectivity index (χ0) is 17.5. The molecule has 25 heavy (non-hydrogen) atoms. The maximum atomic E-state index is 6.22. The molecule has 0 bridgehead atoms. The normalized spacial score (nSPS) is 12.4. The zero-order valence-electron chi connectivity index (χ0n) is 14.1. The summed E-state index contributed by atoms with van der Waals surface area (Å²) in [6.45, 7) is 3.01. The lowest BCUT2D eigenvalue weighted by atomic mass is 10.1. The smallest absolute Gasteiger partial charge is 0.189 e. The highest BCUT2D eigenvalue weighted by molar-refractivity contribution is 14.0. The predicted octanol–water partition coefficient (Wildman–Crippen LogP) is 4.92. The molecule has 0 aromatic heterocycles. The largest absolute Gasteiger partial charge is 0.380 e. The maximum absolute atomic E-state index is 6.22. The lowest BCUT2D eigenvalue weighted by Crippen LogP contribution is -2.34. The number of nitrogens with two attached hydrogens (primary N) is 1. The number of hydrogen-bond acceptors (Lipinski definition) is 2. The molecular formula is C18H22Cl2IN3O. The number of halogens is 3. The first kappa shape index (κ1) is 22.0. The van der Waals surface area contributed by atoms with Gasteiger partial charge in [-0.1, -0.05) is 53.5 Å². The first-order valence-electron chi connectivity index (χ1n) is 7.58. The highest BCUT2D eigenvalue weighted by Crippen LogP contribution is 2.25. The number of hydrogen-bond donors (Lipinski definition) is 2. The standard InChI is InChI=1S/C18H21Cl2N3O.HI/c1-12(16-8-7-15(19)9-17(16)20)23-18(21)22-10-13-5-3-4-6-14(13)11-24-2;/h3-9,12H,10-11H2,1-2H3,(H3,21,22,23);1H. The number of ether oxygens (including phenoxy) is 1. The molecule has 0 spiro atoms. The fourth-order valence-electron chi connectivity index (χ4n) is 2.38. The molecule has 0 radical (unpaired) electrons. The summed E-state index contributed by atoms with van der Waals surface area (Å²) in [6.07, 6.45) is 0. The van der Waals surface area contributed by atoms with Crippen molar-refractivity contribution in [2.24, 2.45) is 10.7 Å². The van der Waals surface area contributed by atoms with Crippen molar-refractivity contribution in [3.8, 4) is 0 Å². The van der Waals surface area contributed by atoms with Gasteiger partial charge in [-0.25, -0.2) is 4.99 Å². The van der Waals surface area contributed by atoms with Crippen LogP contribution in [0.2, 0.25) is 10.0 Å². The van der Waals surface area contributed by atoms with E-state index in [-0.39, 0.29) is 30.0 Å². The minimum absolute atomic E-state index is 0. The summed E-state index contributed by atoms with van der Waals surface area (Å²) in [4.78, 5) is 4.41. The summed E-state index contributed by atoms with van der Waals surface area (Å²) in [5.74, 6) is 0.362. The number of methoxy groups -OCH3 is 1. The van der Waals surface area contributed by atoms with E-state index in [1.807, 2.05) is 37.3 Å². The number of benzene rings is 2. The van der Waals surface area contributed by atoms with E-state index >= 15 is 0 Å². The summed E-state index contributed by atoms with van der Waals surface area (Å²) in [5.41, 5.74) is 9.10. The third kappa shape index (κ3) is 6.66. The average molecular weight is 494 g/mol. The topological polar surface area (TPSA) is 59.6 Å². The molecule has 0 aliphatic carbocycles. The van der Waals surface area contributed by atoms with Gasteiger partial charge in [0.1, 0.15) is 0 Å². The highest BCUT2D eigenvalue weighted by atomic mass is 127. The van der Waals surface area contributed by atoms with Gasteiger partial charge in [0.2, 0.25) is 0 Å². The van der Waals surface area contributed by atoms with E-state index in [4.69, 9.17) is 33.7 Å². The van der Waals surface area contributed by atoms with Gasteiger partial charge in [-0.3, -0.25) is 0 Å². The molecule has 1 atom stereocenters. The van der Waals surface area contributed by atoms with Gasteiger partial charge in [0.25, 0.3) is 0 Å². The van der Waals surface area contributed by atoms with Crippen LogP contribution in [0.25, 0.3) is 0 Å². The molecule has 0 heterocycles. The first-order chi connectivity index (χ1) is 11.5. The van der Waals surface area contributed by atoms with Crippen LogP contribution in [0.15, 0.2) is 47.5 Å². The third-order valence-corrected chi connectivity index (χ3v) is 4.19. The Bertz CT molecular complexity index is 725. The van der Waals surface area contributed by atoms with Crippen molar-refractivity contribution in [2.45, 2.75) is 26.1 Å². The fourth-order valence-corrected chi connectivity index (χ4v) is 2.95. The Morgan fingerprint density at radius 1 is 1.20 bits per heavy atom. The quantitative estimate of drug-likeness (QED) is 0.341. The number of nitrogens with zero attached hydrogens (tertiary/aromatic N) is 1. The molecule has 0 fully saturated rings. The third-order valence-electron chi connectivity index (χ3n) is 3.63. The molecule has 2 aromatic carbocycles. The van der Waals surface area contributed by atoms with E-state index in [0.29, 0.717) is 29.2 Å². The van der Waals surface area contributed by atoms with E-state index in [1.165, 1.54) is 0 Å². The lowest BCUT2D eigenvalue weighted by molar-refractivity contribution is 0.184. The van der Waals surface area contributed by atoms with E-state index < -0.39 is 0 Å². The molecule has 0 aliphatic rings. The molecule has 1 unspecified atom stereocenters. The van der Waals surface area contributed by atoms with E-state index in [0.717, 1.165) is 16.7 Å². The summed E-state index contributed by atoms with van der Waals surface area (Å²) < 4.78 is 5.20. The second kappa shape index (κ2) is 10.9. The molecule has 7 heteroatoms. The van der Waals surface area contributed by atoms with Gasteiger partial charge in [0, 0.05) is 17.2 Å². The van der Waals surface area contributed by atoms with E-state index in [1.54, 1.807) is 19.2 Å². The number of rotatable bonds is 6. The van der Waals surface area contributed by atoms with Gasteiger partial charge < -0.3 is 15.8 Å². The fraction of sp³-hybridized carbons (Fsp3) is 0.278. The van der Waals surface area contributed by atoms with Crippen LogP contribution >= 0.6 is 47.2 Å². The van der Waals surface area contributed by atoms with Gasteiger partial charge in [-0.15, -0.1) is 24.0 Å². The monoisotopic (exact) mass is 493 g/mol. The van der Waals surface area contributed by atoms with Crippen LogP contribution in [0.4, 0.5) is 0 Å². The molecule has 0 amide bonds. The van der Waals surface area contributed by atoms with Crippen LogP contribution in [0.1, 0.15) is 29.7 Å². The van der Waals surface area contributed by atoms with Crippen molar-refractivity contribution in [3.63, 3.8) is 0 Å². The van der Waals surface area contributed by atoms with E-state index in [2.05, 4.69) is 10.3 Å². The van der Waals surface area contributed by atoms with Crippen molar-refractivity contribution in [2.75, 3.05) is 7.11 Å². The minimum atomic E-state index is -0.0762. The Balaban J connectivity index is 0.00000312. The van der Waals surface area contributed by atoms with E-state index in [9.17, 15) is 0 Å². The van der Waals surface area contributed by atoms with Crippen LogP contribution in [0, 0.1) is 0 Å². The Hall–Kier alpha value is -1.02. The lowest BCUT2D eigenvalue weighted by Gasteiger charge is -2.16. The molecule has 2 rings (SSSR count). The van der Waals surface area contributed by atoms with Crippen LogP contribution in [0.5, 0.6) is 0 Å². The SMILES string of the molecule is COCc1ccccc1CN=C(N)NC(C)c1ccc(Cl)cc1Cl.I. The van der Waals surface area contributed by atoms with Crippen molar-refractivity contribution in [3.05, 3.63) is 69.2 Å². The summed E-state index contributed by atoms with van der Waals surface area (Å²) in [7, 11) is 1.67. The zero-order valence-corrected chi connectivity index (χ0v) is 18.0. The Morgan fingerprint density at radius 3 is 2.52 bits per heavy atom. The molecule has 0 aliphatic heterocycles. The van der Waals surface area contributed by atoms with Gasteiger partial charge in [0.15, 0.2) is 5.96 Å². The molecule has 0 saturated heterocycles. The van der Waals surface area contributed by atoms with Gasteiger partial charge >= 0.3 is 0 Å². The van der Waals surface area contributed by atoms with Crippen LogP contribution in [0.3, 0.4) is 0 Å². The maximum Gasteiger partial charge on any atom is 0.189 e. The molecular weight excluding hydrogens is 472 g/mol. The van der Waals surface area contributed by atoms with Crippen LogP contribution in [-0.2, 0) is 17.9 Å². The van der Waals surface area contributed by atoms with Crippen molar-refractivity contribution >= 4 is 53.1 Å². The summed E-state index contributed by atoms with van der Waals surface area (Å²) in [5, 5.41) is 4.35. The number of aliphatic imine (C=N–C) groups is 1. The van der Waals surface area contributed by atoms with Crippen LogP contribution < -0.4 is 11.1 Å². The second-order valence-electron chi connectivity index (χ2n) is 5.44. The predicted molar refractivity (Wildman–Crippen MR) is 116 cm³/mol. The Labute approximate surface area is 175 Å². The summed E-state index contributed by atoms with van der Waals surface area (Å²) in [6, 6.07) is 13.3. The number of guanidine groups is 1. The van der Waals surface area contributed by atoms with Crippen LogP contribution in [-0.4, -0.2) is 13.1 Å². The Kier molecular flexibility index (Phi) is 9.56. The second-order valence-corrected chi connectivity index (χ2v) is 6.28. The Morgan fingerprint density at radius 2 is 1.88 bits per heavy atom. The van der Waals surface area contributed by atoms with Gasteiger partial charge in [0.05, 0.1) is 19.2 Å². The van der Waals surface area contributed by atoms with Gasteiger partial charge in [-0.05, 0) is 35.7 Å². The summed E-state index contributed by atoms with van der Waals surface area (Å²) >= 11 is 12.1. The van der Waals surface area contributed by atoms with Crippen molar-refractivity contribution < 1.29 is 4.74 Å². The minimum Gasteiger partial charge on any atom is -0.380 e. The molecule has 2 aromatic rings. The highest BCUT2D eigenvalue weighted by Gasteiger charge is 2.10. The molecule has 0 saturated carbocycles. The number of nitrogens with one attached hydrogen (secondary N) is 1. The van der Waals surface area contributed by atoms with Crippen molar-refractivity contribution in [1.29, 1.82) is 0 Å². The van der Waals surface area contributed by atoms with Crippen molar-refractivity contribution in [1.82, 2.24) is 5.32 Å². The molecule has 136 valence electrons.